The van der Waals surface area contributed by atoms with E-state index in [0.29, 0.717) is 34.6 Å². The zero-order valence-electron chi connectivity index (χ0n) is 26.4. The van der Waals surface area contributed by atoms with Gasteiger partial charge in [-0.25, -0.2) is 0 Å². The molecule has 234 valence electrons. The molecule has 0 amide bonds. The van der Waals surface area contributed by atoms with Crippen LogP contribution in [0.15, 0.2) is 91.3 Å². The van der Waals surface area contributed by atoms with Crippen LogP contribution in [0.5, 0.6) is 11.5 Å². The largest absolute Gasteiger partial charge is 0.488 e. The van der Waals surface area contributed by atoms with Gasteiger partial charge in [0.2, 0.25) is 0 Å². The maximum Gasteiger partial charge on any atom is 0.153 e. The third-order valence-electron chi connectivity index (χ3n) is 8.88. The number of pyridine rings is 1. The molecular formula is C39H38ClN3O3. The van der Waals surface area contributed by atoms with Crippen LogP contribution in [0.4, 0.5) is 5.69 Å². The van der Waals surface area contributed by atoms with Crippen LogP contribution in [0, 0.1) is 13.8 Å². The molecule has 1 aliphatic heterocycles. The van der Waals surface area contributed by atoms with Crippen LogP contribution in [-0.4, -0.2) is 31.4 Å². The second kappa shape index (κ2) is 14.2. The molecule has 1 fully saturated rings. The first-order chi connectivity index (χ1) is 22.4. The second-order valence-corrected chi connectivity index (χ2v) is 12.1. The van der Waals surface area contributed by atoms with Gasteiger partial charge in [-0.2, -0.15) is 0 Å². The molecule has 5 aromatic rings. The normalized spacial score (nSPS) is 14.2. The van der Waals surface area contributed by atoms with E-state index in [-0.39, 0.29) is 6.61 Å². The van der Waals surface area contributed by atoms with Gasteiger partial charge < -0.3 is 20.1 Å². The molecule has 0 radical (unpaired) electrons. The summed E-state index contributed by atoms with van der Waals surface area (Å²) in [5.41, 5.74) is 11.8. The lowest BCUT2D eigenvalue weighted by Crippen LogP contribution is -2.07. The van der Waals surface area contributed by atoms with Gasteiger partial charge in [-0.05, 0) is 89.4 Å². The second-order valence-electron chi connectivity index (χ2n) is 11.7. The van der Waals surface area contributed by atoms with Crippen molar-refractivity contribution in [2.75, 3.05) is 25.5 Å². The molecular weight excluding hydrogens is 594 g/mol. The fourth-order valence-electron chi connectivity index (χ4n) is 6.14. The van der Waals surface area contributed by atoms with Gasteiger partial charge in [0.1, 0.15) is 24.7 Å². The third-order valence-corrected chi connectivity index (χ3v) is 9.17. The van der Waals surface area contributed by atoms with Crippen LogP contribution in [-0.2, 0) is 13.2 Å². The fourth-order valence-corrected chi connectivity index (χ4v) is 6.37. The van der Waals surface area contributed by atoms with Gasteiger partial charge in [0, 0.05) is 37.6 Å². The highest BCUT2D eigenvalue weighted by Gasteiger charge is 2.18. The lowest BCUT2D eigenvalue weighted by Gasteiger charge is -2.18. The summed E-state index contributed by atoms with van der Waals surface area (Å²) in [4.78, 5) is 16.0. The van der Waals surface area contributed by atoms with Crippen LogP contribution < -0.4 is 20.1 Å². The molecule has 4 aromatic carbocycles. The highest BCUT2D eigenvalue weighted by atomic mass is 35.5. The third kappa shape index (κ3) is 6.79. The van der Waals surface area contributed by atoms with Gasteiger partial charge in [-0.1, -0.05) is 72.3 Å². The summed E-state index contributed by atoms with van der Waals surface area (Å²) >= 11 is 6.55. The number of hydrogen-bond acceptors (Lipinski definition) is 6. The summed E-state index contributed by atoms with van der Waals surface area (Å²) in [5, 5.41) is 6.88. The van der Waals surface area contributed by atoms with E-state index in [1.165, 1.54) is 34.2 Å². The number of halogens is 1. The Morgan fingerprint density at radius 2 is 1.63 bits per heavy atom. The minimum atomic E-state index is 0.242. The molecule has 6 nitrogen and oxygen atoms in total. The molecule has 46 heavy (non-hydrogen) atoms. The number of aromatic nitrogens is 1. The monoisotopic (exact) mass is 631 g/mol. The van der Waals surface area contributed by atoms with Crippen molar-refractivity contribution in [3.8, 4) is 33.8 Å². The molecule has 0 bridgehead atoms. The average molecular weight is 632 g/mol. The minimum absolute atomic E-state index is 0.242. The Hall–Kier alpha value is -4.65. The van der Waals surface area contributed by atoms with Gasteiger partial charge in [-0.3, -0.25) is 9.78 Å². The van der Waals surface area contributed by atoms with E-state index in [4.69, 9.17) is 21.1 Å². The summed E-state index contributed by atoms with van der Waals surface area (Å²) in [6, 6.07) is 27.1. The van der Waals surface area contributed by atoms with E-state index in [9.17, 15) is 4.79 Å². The smallest absolute Gasteiger partial charge is 0.153 e. The topological polar surface area (TPSA) is 72.5 Å². The number of nitrogens with one attached hydrogen (secondary N) is 2. The minimum Gasteiger partial charge on any atom is -0.488 e. The van der Waals surface area contributed by atoms with Crippen molar-refractivity contribution in [1.82, 2.24) is 10.3 Å². The number of rotatable bonds is 11. The van der Waals surface area contributed by atoms with Gasteiger partial charge >= 0.3 is 0 Å². The average Bonchev–Trinajstić information content (AvgIpc) is 3.63. The number of nitrogens with zero attached hydrogens (tertiary/aromatic N) is 1. The number of carbonyl (C=O) groups is 1. The summed E-state index contributed by atoms with van der Waals surface area (Å²) in [6.45, 7) is 7.03. The number of anilines is 1. The zero-order chi connectivity index (χ0) is 32.0. The van der Waals surface area contributed by atoms with Crippen molar-refractivity contribution in [3.05, 3.63) is 130 Å². The predicted molar refractivity (Wildman–Crippen MR) is 186 cm³/mol. The molecule has 7 heteroatoms. The maximum absolute atomic E-state index is 11.8. The molecule has 1 aromatic heterocycles. The maximum atomic E-state index is 11.8. The molecule has 1 unspecified atom stereocenters. The molecule has 0 saturated carbocycles. The van der Waals surface area contributed by atoms with E-state index in [1.807, 2.05) is 13.1 Å². The SMILES string of the molecule is CNc1cncc(COc2cc(OCc3cccc(-c4cccc(-c5ccc(C6CCNC6)cc5)c4C)c3C)c(Cl)cc2C=O)c1. The Balaban J connectivity index is 1.21. The van der Waals surface area contributed by atoms with Crippen LogP contribution in [0.1, 0.15) is 50.5 Å². The highest BCUT2D eigenvalue weighted by Crippen LogP contribution is 2.37. The van der Waals surface area contributed by atoms with E-state index in [1.54, 1.807) is 24.5 Å². The summed E-state index contributed by atoms with van der Waals surface area (Å²) in [7, 11) is 1.83. The van der Waals surface area contributed by atoms with Gasteiger partial charge in [0.25, 0.3) is 0 Å². The van der Waals surface area contributed by atoms with Crippen LogP contribution in [0.2, 0.25) is 5.02 Å². The number of carbonyl (C=O) groups excluding carboxylic acids is 1. The molecule has 0 aliphatic carbocycles. The number of hydrogen-bond donors (Lipinski definition) is 2. The lowest BCUT2D eigenvalue weighted by atomic mass is 9.89. The Bertz CT molecular complexity index is 1850. The molecule has 1 saturated heterocycles. The quantitative estimate of drug-likeness (QED) is 0.142. The predicted octanol–water partition coefficient (Wildman–Crippen LogP) is 8.77. The molecule has 1 aliphatic rings. The summed E-state index contributed by atoms with van der Waals surface area (Å²) < 4.78 is 12.3. The number of benzene rings is 4. The summed E-state index contributed by atoms with van der Waals surface area (Å²) in [6.07, 6.45) is 5.39. The Morgan fingerprint density at radius 3 is 2.37 bits per heavy atom. The zero-order valence-corrected chi connectivity index (χ0v) is 27.2. The van der Waals surface area contributed by atoms with Crippen molar-refractivity contribution < 1.29 is 14.3 Å². The highest BCUT2D eigenvalue weighted by molar-refractivity contribution is 6.32. The van der Waals surface area contributed by atoms with E-state index < -0.39 is 0 Å². The van der Waals surface area contributed by atoms with Gasteiger partial charge in [-0.15, -0.1) is 0 Å². The molecule has 2 heterocycles. The van der Waals surface area contributed by atoms with Crippen molar-refractivity contribution >= 4 is 23.6 Å². The Morgan fingerprint density at radius 1 is 0.891 bits per heavy atom. The van der Waals surface area contributed by atoms with Crippen molar-refractivity contribution in [2.24, 2.45) is 0 Å². The van der Waals surface area contributed by atoms with E-state index in [2.05, 4.69) is 90.1 Å². The fraction of sp³-hybridized carbons (Fsp3) is 0.231. The Labute approximate surface area is 275 Å². The first-order valence-corrected chi connectivity index (χ1v) is 16.0. The molecule has 0 spiro atoms. The van der Waals surface area contributed by atoms with Gasteiger partial charge in [0.15, 0.2) is 6.29 Å². The first kappa shape index (κ1) is 31.3. The van der Waals surface area contributed by atoms with E-state index in [0.717, 1.165) is 47.3 Å². The van der Waals surface area contributed by atoms with Crippen LogP contribution in [0.3, 0.4) is 0 Å². The molecule has 1 atom stereocenters. The van der Waals surface area contributed by atoms with Crippen molar-refractivity contribution in [1.29, 1.82) is 0 Å². The van der Waals surface area contributed by atoms with E-state index >= 15 is 0 Å². The molecule has 6 rings (SSSR count). The first-order valence-electron chi connectivity index (χ1n) is 15.6. The van der Waals surface area contributed by atoms with Gasteiger partial charge in [0.05, 0.1) is 16.3 Å². The van der Waals surface area contributed by atoms with Crippen LogP contribution in [0.25, 0.3) is 22.3 Å². The van der Waals surface area contributed by atoms with Crippen LogP contribution >= 0.6 is 11.6 Å². The standard InChI is InChI=1S/C39H38ClN3O3/c1-25-31(24-46-39-18-38(32(22-44)17-37(39)40)45-23-27-16-33(41-3)21-43-19-27)6-4-8-35(25)36-9-5-7-34(26(36)2)29-12-10-28(11-13-29)30-14-15-42-20-30/h4-13,16-19,21-22,30,41-42H,14-15,20,23-24H2,1-3H3. The number of aldehydes is 1. The molecule has 2 N–H and O–H groups in total. The van der Waals surface area contributed by atoms with Crippen molar-refractivity contribution in [2.45, 2.75) is 39.4 Å². The Kier molecular flexibility index (Phi) is 9.67. The van der Waals surface area contributed by atoms with Crippen molar-refractivity contribution in [3.63, 3.8) is 0 Å². The summed E-state index contributed by atoms with van der Waals surface area (Å²) in [5.74, 6) is 1.45. The number of ether oxygens (including phenoxy) is 2. The lowest BCUT2D eigenvalue weighted by molar-refractivity contribution is 0.111.